The molecule has 2 aromatic rings. The highest BCUT2D eigenvalue weighted by Gasteiger charge is 2.48. The van der Waals surface area contributed by atoms with Gasteiger partial charge in [0.15, 0.2) is 5.78 Å². The summed E-state index contributed by atoms with van der Waals surface area (Å²) in [6.45, 7) is 8.10. The molecule has 3 rings (SSSR count). The van der Waals surface area contributed by atoms with Crippen LogP contribution in [0.5, 0.6) is 0 Å². The number of aliphatic hydroxyl groups is 1. The second-order valence-corrected chi connectivity index (χ2v) is 9.12. The van der Waals surface area contributed by atoms with Crippen LogP contribution in [0.3, 0.4) is 0 Å². The van der Waals surface area contributed by atoms with Gasteiger partial charge in [-0.15, -0.1) is 11.3 Å². The van der Waals surface area contributed by atoms with E-state index in [4.69, 9.17) is 15.2 Å². The molecule has 1 aliphatic heterocycles. The monoisotopic (exact) mass is 511 g/mol. The number of anilines is 1. The summed E-state index contributed by atoms with van der Waals surface area (Å²) in [5.74, 6) is -4.04. The first-order valence-electron chi connectivity index (χ1n) is 11.6. The van der Waals surface area contributed by atoms with Crippen molar-refractivity contribution in [2.24, 2.45) is 0 Å². The number of nitriles is 1. The number of Topliss-reactive ketones (excluding diaryl/α,β-unsaturated/α-hetero) is 1. The molecule has 0 amide bonds. The Hall–Kier alpha value is -3.84. The van der Waals surface area contributed by atoms with Crippen molar-refractivity contribution in [3.8, 4) is 6.07 Å². The van der Waals surface area contributed by atoms with Gasteiger partial charge in [-0.05, 0) is 39.1 Å². The number of hydrogen-bond donors (Lipinski definition) is 2. The fourth-order valence-electron chi connectivity index (χ4n) is 4.74. The van der Waals surface area contributed by atoms with E-state index in [-0.39, 0.29) is 59.2 Å². The lowest BCUT2D eigenvalue weighted by atomic mass is 9.76. The van der Waals surface area contributed by atoms with E-state index in [1.165, 1.54) is 22.8 Å². The number of carbonyl (C=O) groups is 3. The molecular weight excluding hydrogens is 482 g/mol. The Balaban J connectivity index is 2.58. The molecule has 0 spiro atoms. The molecule has 1 aliphatic rings. The molecule has 0 aromatic carbocycles. The molecule has 3 N–H and O–H groups in total. The van der Waals surface area contributed by atoms with Crippen LogP contribution in [-0.2, 0) is 23.9 Å². The largest absolute Gasteiger partial charge is 0.512 e. The van der Waals surface area contributed by atoms with E-state index >= 15 is 0 Å². The predicted octanol–water partition coefficient (Wildman–Crippen LogP) is 4.51. The van der Waals surface area contributed by atoms with Gasteiger partial charge in [-0.1, -0.05) is 13.0 Å². The van der Waals surface area contributed by atoms with Gasteiger partial charge in [0.25, 0.3) is 0 Å². The smallest absolute Gasteiger partial charge is 0.336 e. The number of thiophene rings is 1. The summed E-state index contributed by atoms with van der Waals surface area (Å²) in [5, 5.41) is 22.6. The number of nitrogens with two attached hydrogens (primary N) is 1. The normalized spacial score (nSPS) is 17.7. The van der Waals surface area contributed by atoms with Crippen molar-refractivity contribution in [2.45, 2.75) is 52.9 Å². The third-order valence-electron chi connectivity index (χ3n) is 6.13. The SMILES string of the molecule is CCOC(=O)C1=C(C)n2c(N)c(C#N)c(/C(C(C)=O)=C(/O)CC)c2[C@@H](C(=O)OCC)[C@@H]1c1cccs1. The van der Waals surface area contributed by atoms with Crippen LogP contribution < -0.4 is 5.73 Å². The Morgan fingerprint density at radius 1 is 1.22 bits per heavy atom. The van der Waals surface area contributed by atoms with Crippen LogP contribution in [0, 0.1) is 11.3 Å². The number of nitrogen functional groups attached to an aromatic ring is 1. The molecule has 2 aromatic heterocycles. The van der Waals surface area contributed by atoms with Crippen LogP contribution in [0.1, 0.15) is 74.6 Å². The number of carbonyl (C=O) groups excluding carboxylic acids is 3. The first kappa shape index (κ1) is 26.8. The number of aromatic nitrogens is 1. The van der Waals surface area contributed by atoms with Crippen LogP contribution in [0.15, 0.2) is 28.8 Å². The minimum Gasteiger partial charge on any atom is -0.512 e. The topological polar surface area (TPSA) is 145 Å². The molecule has 9 nitrogen and oxygen atoms in total. The Labute approximate surface area is 213 Å². The number of allylic oxidation sites excluding steroid dienone is 3. The number of aliphatic hydroxyl groups excluding tert-OH is 1. The fraction of sp³-hybridized carbons (Fsp3) is 0.385. The van der Waals surface area contributed by atoms with Gasteiger partial charge in [0.2, 0.25) is 0 Å². The summed E-state index contributed by atoms with van der Waals surface area (Å²) in [6.07, 6.45) is 0.117. The summed E-state index contributed by atoms with van der Waals surface area (Å²) >= 11 is 1.35. The Morgan fingerprint density at radius 3 is 2.39 bits per heavy atom. The quantitative estimate of drug-likeness (QED) is 0.299. The van der Waals surface area contributed by atoms with Crippen molar-refractivity contribution in [3.05, 3.63) is 50.5 Å². The van der Waals surface area contributed by atoms with E-state index in [1.54, 1.807) is 39.8 Å². The van der Waals surface area contributed by atoms with Crippen molar-refractivity contribution in [1.29, 1.82) is 5.26 Å². The van der Waals surface area contributed by atoms with Crippen LogP contribution in [-0.4, -0.2) is 40.6 Å². The van der Waals surface area contributed by atoms with Gasteiger partial charge in [0.05, 0.1) is 24.4 Å². The van der Waals surface area contributed by atoms with E-state index in [0.29, 0.717) is 10.6 Å². The Morgan fingerprint density at radius 2 is 1.89 bits per heavy atom. The van der Waals surface area contributed by atoms with E-state index in [1.807, 2.05) is 11.4 Å². The number of ether oxygens (including phenoxy) is 2. The molecule has 3 heterocycles. The summed E-state index contributed by atoms with van der Waals surface area (Å²) in [5.41, 5.74) is 7.12. The Kier molecular flexibility index (Phi) is 8.05. The zero-order valence-corrected chi connectivity index (χ0v) is 21.7. The minimum absolute atomic E-state index is 0.0524. The van der Waals surface area contributed by atoms with Crippen LogP contribution in [0.4, 0.5) is 5.82 Å². The van der Waals surface area contributed by atoms with Crippen LogP contribution in [0.2, 0.25) is 0 Å². The molecule has 0 bridgehead atoms. The molecule has 0 unspecified atom stereocenters. The molecule has 2 atom stereocenters. The third kappa shape index (κ3) is 4.31. The standard InChI is InChI=1S/C26H29N3O6S/c1-6-16(31)19(14(5)30)20-15(12-27)24(28)29-13(4)18(25(32)34-7-2)21(17-10-9-11-36-17)22(23(20)29)26(33)35-8-3/h9-11,21-22,31H,6-8,28H2,1-5H3/b19-16+/t21-,22+/m1/s1. The molecule has 0 fully saturated rings. The van der Waals surface area contributed by atoms with Gasteiger partial charge < -0.3 is 24.9 Å². The van der Waals surface area contributed by atoms with Gasteiger partial charge in [-0.2, -0.15) is 5.26 Å². The van der Waals surface area contributed by atoms with Gasteiger partial charge >= 0.3 is 11.9 Å². The van der Waals surface area contributed by atoms with E-state index in [0.717, 1.165) is 0 Å². The molecule has 0 saturated carbocycles. The number of ketones is 1. The van der Waals surface area contributed by atoms with Crippen molar-refractivity contribution in [1.82, 2.24) is 4.57 Å². The molecule has 0 aliphatic carbocycles. The second kappa shape index (κ2) is 10.8. The average Bonchev–Trinajstić information content (AvgIpc) is 3.45. The van der Waals surface area contributed by atoms with Gasteiger partial charge in [0.1, 0.15) is 29.1 Å². The molecule has 190 valence electrons. The third-order valence-corrected chi connectivity index (χ3v) is 7.09. The number of fused-ring (bicyclic) bond motifs is 1. The maximum atomic E-state index is 13.6. The highest BCUT2D eigenvalue weighted by atomic mass is 32.1. The molecule has 36 heavy (non-hydrogen) atoms. The number of nitrogens with zero attached hydrogens (tertiary/aromatic N) is 2. The summed E-state index contributed by atoms with van der Waals surface area (Å²) in [4.78, 5) is 40.3. The van der Waals surface area contributed by atoms with E-state index in [2.05, 4.69) is 0 Å². The van der Waals surface area contributed by atoms with Gasteiger partial charge in [-0.3, -0.25) is 9.59 Å². The summed E-state index contributed by atoms with van der Waals surface area (Å²) in [6, 6.07) is 5.63. The zero-order chi connectivity index (χ0) is 26.7. The lowest BCUT2D eigenvalue weighted by Crippen LogP contribution is -2.34. The van der Waals surface area contributed by atoms with Crippen molar-refractivity contribution in [2.75, 3.05) is 18.9 Å². The molecule has 0 radical (unpaired) electrons. The van der Waals surface area contributed by atoms with Gasteiger partial charge in [0, 0.05) is 34.2 Å². The van der Waals surface area contributed by atoms with E-state index in [9.17, 15) is 24.8 Å². The first-order chi connectivity index (χ1) is 17.2. The van der Waals surface area contributed by atoms with Gasteiger partial charge in [-0.25, -0.2) is 4.79 Å². The second-order valence-electron chi connectivity index (χ2n) is 8.14. The van der Waals surface area contributed by atoms with Crippen LogP contribution in [0.25, 0.3) is 11.3 Å². The average molecular weight is 512 g/mol. The molecule has 10 heteroatoms. The maximum absolute atomic E-state index is 13.6. The maximum Gasteiger partial charge on any atom is 0.336 e. The fourth-order valence-corrected chi connectivity index (χ4v) is 5.61. The first-order valence-corrected chi connectivity index (χ1v) is 12.5. The van der Waals surface area contributed by atoms with Crippen LogP contribution >= 0.6 is 11.3 Å². The predicted molar refractivity (Wildman–Crippen MR) is 136 cm³/mol. The van der Waals surface area contributed by atoms with Crippen molar-refractivity contribution >= 4 is 46.1 Å². The number of hydrogen-bond acceptors (Lipinski definition) is 9. The van der Waals surface area contributed by atoms with Crippen molar-refractivity contribution < 1.29 is 29.0 Å². The highest BCUT2D eigenvalue weighted by molar-refractivity contribution is 7.10. The Bertz CT molecular complexity index is 1310. The molecule has 0 saturated heterocycles. The molecular formula is C26H29N3O6S. The number of esters is 2. The van der Waals surface area contributed by atoms with E-state index < -0.39 is 29.6 Å². The lowest BCUT2D eigenvalue weighted by molar-refractivity contribution is -0.145. The minimum atomic E-state index is -1.15. The summed E-state index contributed by atoms with van der Waals surface area (Å²) in [7, 11) is 0. The number of rotatable bonds is 8. The summed E-state index contributed by atoms with van der Waals surface area (Å²) < 4.78 is 12.2. The highest BCUT2D eigenvalue weighted by Crippen LogP contribution is 2.52. The van der Waals surface area contributed by atoms with Crippen molar-refractivity contribution in [3.63, 3.8) is 0 Å². The lowest BCUT2D eigenvalue weighted by Gasteiger charge is -2.34. The zero-order valence-electron chi connectivity index (χ0n) is 20.9.